The molecule has 0 fully saturated rings. The van der Waals surface area contributed by atoms with Gasteiger partial charge >= 0.3 is 0 Å². The van der Waals surface area contributed by atoms with Crippen LogP contribution in [0.3, 0.4) is 0 Å². The quantitative estimate of drug-likeness (QED) is 0.530. The molecule has 2 heterocycles. The third-order valence-electron chi connectivity index (χ3n) is 2.04. The van der Waals surface area contributed by atoms with Crippen LogP contribution in [-0.4, -0.2) is 14.7 Å². The van der Waals surface area contributed by atoms with Gasteiger partial charge in [-0.15, -0.1) is 6.42 Å². The van der Waals surface area contributed by atoms with Crippen molar-refractivity contribution in [2.24, 2.45) is 0 Å². The fourth-order valence-corrected chi connectivity index (χ4v) is 1.38. The Balaban J connectivity index is 2.56. The molecule has 1 aromatic rings. The highest BCUT2D eigenvalue weighted by molar-refractivity contribution is 5.22. The summed E-state index contributed by atoms with van der Waals surface area (Å²) < 4.78 is 1.87. The van der Waals surface area contributed by atoms with Crippen LogP contribution < -0.4 is 0 Å². The number of aliphatic hydroxyl groups is 1. The minimum atomic E-state index is -1.12. The molecular weight excluding hydrogens is 140 g/mol. The number of fused-ring (bicyclic) bond motifs is 1. The van der Waals surface area contributed by atoms with E-state index in [4.69, 9.17) is 6.42 Å². The second-order valence-corrected chi connectivity index (χ2v) is 2.70. The molecule has 3 heteroatoms. The number of imidazole rings is 1. The van der Waals surface area contributed by atoms with Gasteiger partial charge in [-0.25, -0.2) is 4.98 Å². The summed E-state index contributed by atoms with van der Waals surface area (Å²) in [6.45, 7) is 0.760. The summed E-state index contributed by atoms with van der Waals surface area (Å²) in [6, 6.07) is 0. The van der Waals surface area contributed by atoms with Gasteiger partial charge in [-0.1, -0.05) is 5.92 Å². The predicted octanol–water partition coefficient (Wildman–Crippen LogP) is 0.108. The Morgan fingerprint density at radius 3 is 3.36 bits per heavy atom. The second-order valence-electron chi connectivity index (χ2n) is 2.70. The largest absolute Gasteiger partial charge is 0.371 e. The van der Waals surface area contributed by atoms with Crippen LogP contribution in [0.1, 0.15) is 12.2 Å². The van der Waals surface area contributed by atoms with Crippen molar-refractivity contribution >= 4 is 0 Å². The van der Waals surface area contributed by atoms with Crippen LogP contribution in [0.15, 0.2) is 12.4 Å². The smallest absolute Gasteiger partial charge is 0.185 e. The van der Waals surface area contributed by atoms with Crippen LogP contribution in [0, 0.1) is 12.3 Å². The molecule has 11 heavy (non-hydrogen) atoms. The van der Waals surface area contributed by atoms with E-state index in [0.29, 0.717) is 12.2 Å². The minimum absolute atomic E-state index is 0.576. The maximum absolute atomic E-state index is 9.72. The standard InChI is InChI=1S/C8H8N2O/c1-2-8(11)3-5-10-6-4-9-7(8)10/h1,4,6,11H,3,5H2. The number of terminal acetylenes is 1. The van der Waals surface area contributed by atoms with Crippen LogP contribution in [0.2, 0.25) is 0 Å². The van der Waals surface area contributed by atoms with Gasteiger partial charge in [-0.05, 0) is 0 Å². The van der Waals surface area contributed by atoms with Crippen molar-refractivity contribution in [3.63, 3.8) is 0 Å². The van der Waals surface area contributed by atoms with E-state index >= 15 is 0 Å². The van der Waals surface area contributed by atoms with Gasteiger partial charge in [0.2, 0.25) is 0 Å². The van der Waals surface area contributed by atoms with E-state index in [-0.39, 0.29) is 0 Å². The molecule has 0 radical (unpaired) electrons. The fourth-order valence-electron chi connectivity index (χ4n) is 1.38. The molecule has 3 nitrogen and oxygen atoms in total. The lowest BCUT2D eigenvalue weighted by molar-refractivity contribution is 0.0982. The van der Waals surface area contributed by atoms with Crippen LogP contribution in [0.25, 0.3) is 0 Å². The van der Waals surface area contributed by atoms with E-state index in [1.54, 1.807) is 6.20 Å². The first-order chi connectivity index (χ1) is 5.26. The van der Waals surface area contributed by atoms with Crippen molar-refractivity contribution in [3.8, 4) is 12.3 Å². The molecule has 0 saturated carbocycles. The van der Waals surface area contributed by atoms with Crippen molar-refractivity contribution in [1.82, 2.24) is 9.55 Å². The van der Waals surface area contributed by atoms with Crippen molar-refractivity contribution < 1.29 is 5.11 Å². The zero-order valence-corrected chi connectivity index (χ0v) is 5.99. The summed E-state index contributed by atoms with van der Waals surface area (Å²) in [6.07, 6.45) is 9.24. The van der Waals surface area contributed by atoms with Gasteiger partial charge in [0.1, 0.15) is 0 Å². The molecule has 1 N–H and O–H groups in total. The van der Waals surface area contributed by atoms with Crippen LogP contribution in [-0.2, 0) is 12.1 Å². The molecule has 0 amide bonds. The lowest BCUT2D eigenvalue weighted by Crippen LogP contribution is -2.20. The highest BCUT2D eigenvalue weighted by atomic mass is 16.3. The zero-order valence-electron chi connectivity index (χ0n) is 5.99. The molecule has 1 aromatic heterocycles. The first-order valence-electron chi connectivity index (χ1n) is 3.48. The Labute approximate surface area is 64.7 Å². The first kappa shape index (κ1) is 6.44. The Kier molecular flexibility index (Phi) is 1.09. The molecule has 1 unspecified atom stereocenters. The topological polar surface area (TPSA) is 38.0 Å². The number of hydrogen-bond acceptors (Lipinski definition) is 2. The summed E-state index contributed by atoms with van der Waals surface area (Å²) in [5, 5.41) is 9.72. The van der Waals surface area contributed by atoms with E-state index in [1.807, 2.05) is 10.8 Å². The molecule has 0 bridgehead atoms. The second kappa shape index (κ2) is 1.86. The Hall–Kier alpha value is -1.27. The number of hydrogen-bond donors (Lipinski definition) is 1. The first-order valence-corrected chi connectivity index (χ1v) is 3.48. The fraction of sp³-hybridized carbons (Fsp3) is 0.375. The summed E-state index contributed by atoms with van der Waals surface area (Å²) in [7, 11) is 0. The Morgan fingerprint density at radius 2 is 2.64 bits per heavy atom. The summed E-state index contributed by atoms with van der Waals surface area (Å²) in [5.41, 5.74) is -1.12. The lowest BCUT2D eigenvalue weighted by Gasteiger charge is -2.11. The molecular formula is C8H8N2O. The SMILES string of the molecule is C#CC1(O)CCn2ccnc21. The predicted molar refractivity (Wildman–Crippen MR) is 39.6 cm³/mol. The minimum Gasteiger partial charge on any atom is -0.371 e. The van der Waals surface area contributed by atoms with Gasteiger partial charge in [-0.3, -0.25) is 0 Å². The van der Waals surface area contributed by atoms with Crippen molar-refractivity contribution in [2.45, 2.75) is 18.6 Å². The highest BCUT2D eigenvalue weighted by Gasteiger charge is 2.36. The Bertz CT molecular complexity index is 323. The summed E-state index contributed by atoms with van der Waals surface area (Å²) in [4.78, 5) is 3.99. The molecule has 1 aliphatic rings. The average Bonchev–Trinajstić information content (AvgIpc) is 2.55. The number of aryl methyl sites for hydroxylation is 1. The van der Waals surface area contributed by atoms with Gasteiger partial charge in [0.15, 0.2) is 11.4 Å². The normalized spacial score (nSPS) is 28.0. The molecule has 0 spiro atoms. The molecule has 56 valence electrons. The maximum Gasteiger partial charge on any atom is 0.185 e. The third kappa shape index (κ3) is 0.702. The van der Waals surface area contributed by atoms with Crippen LogP contribution in [0.4, 0.5) is 0 Å². The van der Waals surface area contributed by atoms with Crippen molar-refractivity contribution in [3.05, 3.63) is 18.2 Å². The molecule has 1 atom stereocenters. The molecule has 2 rings (SSSR count). The summed E-state index contributed by atoms with van der Waals surface area (Å²) in [5.74, 6) is 2.95. The van der Waals surface area contributed by atoms with E-state index in [2.05, 4.69) is 10.9 Å². The van der Waals surface area contributed by atoms with Gasteiger partial charge in [0.05, 0.1) is 0 Å². The summed E-state index contributed by atoms with van der Waals surface area (Å²) >= 11 is 0. The number of aromatic nitrogens is 2. The van der Waals surface area contributed by atoms with Gasteiger partial charge in [0, 0.05) is 25.4 Å². The molecule has 0 aromatic carbocycles. The zero-order chi connectivity index (χ0) is 7.90. The molecule has 0 aliphatic carbocycles. The highest BCUT2D eigenvalue weighted by Crippen LogP contribution is 2.29. The lowest BCUT2D eigenvalue weighted by atomic mass is 10.0. The van der Waals surface area contributed by atoms with E-state index in [0.717, 1.165) is 6.54 Å². The van der Waals surface area contributed by atoms with Crippen LogP contribution >= 0.6 is 0 Å². The van der Waals surface area contributed by atoms with Gasteiger partial charge in [0.25, 0.3) is 0 Å². The monoisotopic (exact) mass is 148 g/mol. The average molecular weight is 148 g/mol. The van der Waals surface area contributed by atoms with Crippen molar-refractivity contribution in [1.29, 1.82) is 0 Å². The third-order valence-corrected chi connectivity index (χ3v) is 2.04. The number of rotatable bonds is 0. The van der Waals surface area contributed by atoms with Gasteiger partial charge < -0.3 is 9.67 Å². The van der Waals surface area contributed by atoms with E-state index in [9.17, 15) is 5.11 Å². The maximum atomic E-state index is 9.72. The van der Waals surface area contributed by atoms with Gasteiger partial charge in [-0.2, -0.15) is 0 Å². The Morgan fingerprint density at radius 1 is 1.82 bits per heavy atom. The molecule has 1 aliphatic heterocycles. The van der Waals surface area contributed by atoms with Crippen LogP contribution in [0.5, 0.6) is 0 Å². The number of nitrogens with zero attached hydrogens (tertiary/aromatic N) is 2. The van der Waals surface area contributed by atoms with Crippen molar-refractivity contribution in [2.75, 3.05) is 0 Å². The molecule has 0 saturated heterocycles. The van der Waals surface area contributed by atoms with E-state index in [1.165, 1.54) is 0 Å². The van der Waals surface area contributed by atoms with E-state index < -0.39 is 5.60 Å².